The Balaban J connectivity index is 1.90. The lowest BCUT2D eigenvalue weighted by atomic mass is 9.99. The predicted molar refractivity (Wildman–Crippen MR) is 78.3 cm³/mol. The highest BCUT2D eigenvalue weighted by Crippen LogP contribution is 2.18. The first-order valence-corrected chi connectivity index (χ1v) is 9.10. The van der Waals surface area contributed by atoms with Crippen molar-refractivity contribution in [2.75, 3.05) is 37.7 Å². The van der Waals surface area contributed by atoms with Crippen molar-refractivity contribution in [2.45, 2.75) is 38.3 Å². The van der Waals surface area contributed by atoms with Gasteiger partial charge in [-0.25, -0.2) is 8.42 Å². The van der Waals surface area contributed by atoms with Gasteiger partial charge in [-0.2, -0.15) is 0 Å². The van der Waals surface area contributed by atoms with E-state index in [0.717, 1.165) is 26.2 Å². The van der Waals surface area contributed by atoms with E-state index in [1.54, 1.807) is 0 Å². The molecule has 2 heterocycles. The first-order valence-electron chi connectivity index (χ1n) is 7.28. The monoisotopic (exact) mass is 303 g/mol. The van der Waals surface area contributed by atoms with Gasteiger partial charge in [-0.05, 0) is 26.7 Å². The minimum Gasteiger partial charge on any atom is -0.352 e. The Labute approximate surface area is 121 Å². The van der Waals surface area contributed by atoms with Crippen molar-refractivity contribution < 1.29 is 13.2 Å². The Hall–Kier alpha value is -0.660. The zero-order valence-corrected chi connectivity index (χ0v) is 13.1. The van der Waals surface area contributed by atoms with Crippen molar-refractivity contribution >= 4 is 15.7 Å². The fourth-order valence-corrected chi connectivity index (χ4v) is 4.26. The quantitative estimate of drug-likeness (QED) is 0.725. The summed E-state index contributed by atoms with van der Waals surface area (Å²) in [6.45, 7) is 7.40. The number of hydrogen-bond donors (Lipinski definition) is 2. The van der Waals surface area contributed by atoms with E-state index >= 15 is 0 Å². The number of carbonyl (C=O) groups excluding carboxylic acids is 1. The van der Waals surface area contributed by atoms with E-state index in [0.29, 0.717) is 12.8 Å². The fourth-order valence-electron chi connectivity index (χ4n) is 2.76. The Morgan fingerprint density at radius 1 is 1.20 bits per heavy atom. The number of amides is 1. The van der Waals surface area contributed by atoms with Crippen molar-refractivity contribution in [3.63, 3.8) is 0 Å². The summed E-state index contributed by atoms with van der Waals surface area (Å²) in [7, 11) is -2.88. The van der Waals surface area contributed by atoms with E-state index in [2.05, 4.69) is 15.5 Å². The summed E-state index contributed by atoms with van der Waals surface area (Å²) in [5.41, 5.74) is -0.543. The number of rotatable bonds is 3. The van der Waals surface area contributed by atoms with Gasteiger partial charge in [0.15, 0.2) is 0 Å². The molecule has 2 fully saturated rings. The fraction of sp³-hybridized carbons (Fsp3) is 0.923. The molecule has 0 aromatic rings. The zero-order chi connectivity index (χ0) is 14.8. The first-order chi connectivity index (χ1) is 9.31. The summed E-state index contributed by atoms with van der Waals surface area (Å²) in [5.74, 6) is 0.376. The maximum Gasteiger partial charge on any atom is 0.240 e. The molecule has 2 aliphatic rings. The highest BCUT2D eigenvalue weighted by Gasteiger charge is 2.36. The maximum atomic E-state index is 12.5. The molecular formula is C13H25N3O3S. The molecule has 0 spiro atoms. The molecule has 2 rings (SSSR count). The van der Waals surface area contributed by atoms with Crippen LogP contribution in [0.15, 0.2) is 0 Å². The third-order valence-corrected chi connectivity index (χ3v) is 6.07. The van der Waals surface area contributed by atoms with Crippen LogP contribution in [0.4, 0.5) is 0 Å². The van der Waals surface area contributed by atoms with E-state index in [-0.39, 0.29) is 23.5 Å². The molecule has 0 aromatic heterocycles. The number of sulfone groups is 1. The normalized spacial score (nSPS) is 25.3. The van der Waals surface area contributed by atoms with Gasteiger partial charge < -0.3 is 10.6 Å². The Morgan fingerprint density at radius 2 is 1.75 bits per heavy atom. The highest BCUT2D eigenvalue weighted by atomic mass is 32.2. The third kappa shape index (κ3) is 3.71. The van der Waals surface area contributed by atoms with Gasteiger partial charge in [0.1, 0.15) is 9.84 Å². The molecule has 2 aliphatic heterocycles. The molecule has 7 heteroatoms. The van der Waals surface area contributed by atoms with Crippen LogP contribution >= 0.6 is 0 Å². The molecule has 0 unspecified atom stereocenters. The van der Waals surface area contributed by atoms with Gasteiger partial charge in [0.05, 0.1) is 17.0 Å². The number of piperazine rings is 1. The van der Waals surface area contributed by atoms with Crippen molar-refractivity contribution in [3.8, 4) is 0 Å². The Kier molecular flexibility index (Phi) is 4.71. The van der Waals surface area contributed by atoms with Crippen LogP contribution in [0.25, 0.3) is 0 Å². The lowest BCUT2D eigenvalue weighted by Crippen LogP contribution is -2.61. The minimum atomic E-state index is -2.88. The van der Waals surface area contributed by atoms with Crippen LogP contribution in [0.2, 0.25) is 0 Å². The molecule has 0 aromatic carbocycles. The summed E-state index contributed by atoms with van der Waals surface area (Å²) in [6.07, 6.45) is 1.07. The van der Waals surface area contributed by atoms with E-state index in [4.69, 9.17) is 0 Å². The average molecular weight is 303 g/mol. The molecule has 1 amide bonds. The van der Waals surface area contributed by atoms with Gasteiger partial charge >= 0.3 is 0 Å². The molecular weight excluding hydrogens is 278 g/mol. The summed E-state index contributed by atoms with van der Waals surface area (Å²) < 4.78 is 22.8. The van der Waals surface area contributed by atoms with Gasteiger partial charge in [-0.15, -0.1) is 0 Å². The topological polar surface area (TPSA) is 78.5 Å². The molecule has 20 heavy (non-hydrogen) atoms. The van der Waals surface area contributed by atoms with Crippen LogP contribution in [-0.4, -0.2) is 68.5 Å². The van der Waals surface area contributed by atoms with Crippen LogP contribution in [0.3, 0.4) is 0 Å². The largest absolute Gasteiger partial charge is 0.352 e. The number of hydrogen-bond acceptors (Lipinski definition) is 5. The molecule has 0 saturated carbocycles. The Morgan fingerprint density at radius 3 is 2.30 bits per heavy atom. The molecule has 6 nitrogen and oxygen atoms in total. The third-order valence-electron chi connectivity index (χ3n) is 4.35. The minimum absolute atomic E-state index is 0.00342. The van der Waals surface area contributed by atoms with Gasteiger partial charge in [-0.3, -0.25) is 9.69 Å². The second-order valence-electron chi connectivity index (χ2n) is 6.20. The van der Waals surface area contributed by atoms with Crippen molar-refractivity contribution in [3.05, 3.63) is 0 Å². The van der Waals surface area contributed by atoms with E-state index in [1.807, 2.05) is 13.8 Å². The van der Waals surface area contributed by atoms with Gasteiger partial charge in [0.2, 0.25) is 5.91 Å². The van der Waals surface area contributed by atoms with E-state index in [9.17, 15) is 13.2 Å². The molecule has 0 bridgehead atoms. The molecule has 116 valence electrons. The second kappa shape index (κ2) is 5.99. The van der Waals surface area contributed by atoms with Gasteiger partial charge in [0.25, 0.3) is 0 Å². The second-order valence-corrected chi connectivity index (χ2v) is 8.50. The lowest BCUT2D eigenvalue weighted by molar-refractivity contribution is -0.133. The van der Waals surface area contributed by atoms with E-state index < -0.39 is 15.4 Å². The van der Waals surface area contributed by atoms with Crippen molar-refractivity contribution in [1.82, 2.24) is 15.5 Å². The summed E-state index contributed by atoms with van der Waals surface area (Å²) in [4.78, 5) is 14.6. The number of carbonyl (C=O) groups is 1. The van der Waals surface area contributed by atoms with E-state index in [1.165, 1.54) is 0 Å². The van der Waals surface area contributed by atoms with Crippen LogP contribution in [0, 0.1) is 0 Å². The predicted octanol–water partition coefficient (Wildman–Crippen LogP) is -0.636. The average Bonchev–Trinajstić information content (AvgIpc) is 2.42. The zero-order valence-electron chi connectivity index (χ0n) is 12.3. The maximum absolute atomic E-state index is 12.5. The smallest absolute Gasteiger partial charge is 0.240 e. The van der Waals surface area contributed by atoms with Crippen LogP contribution < -0.4 is 10.6 Å². The Bertz CT molecular complexity index is 441. The molecule has 0 atom stereocenters. The van der Waals surface area contributed by atoms with Crippen LogP contribution in [-0.2, 0) is 14.6 Å². The van der Waals surface area contributed by atoms with Gasteiger partial charge in [-0.1, -0.05) is 0 Å². The number of nitrogens with one attached hydrogen (secondary N) is 2. The SMILES string of the molecule is CC(C)(C(=O)NC1CCS(=O)(=O)CC1)N1CCNCC1. The highest BCUT2D eigenvalue weighted by molar-refractivity contribution is 7.91. The summed E-state index contributed by atoms with van der Waals surface area (Å²) >= 11 is 0. The number of nitrogens with zero attached hydrogens (tertiary/aromatic N) is 1. The van der Waals surface area contributed by atoms with Crippen molar-refractivity contribution in [2.24, 2.45) is 0 Å². The lowest BCUT2D eigenvalue weighted by Gasteiger charge is -2.40. The molecule has 0 aliphatic carbocycles. The molecule has 0 radical (unpaired) electrons. The molecule has 2 N–H and O–H groups in total. The molecule has 2 saturated heterocycles. The van der Waals surface area contributed by atoms with Crippen LogP contribution in [0.5, 0.6) is 0 Å². The van der Waals surface area contributed by atoms with Crippen molar-refractivity contribution in [1.29, 1.82) is 0 Å². The first kappa shape index (κ1) is 15.7. The summed E-state index contributed by atoms with van der Waals surface area (Å²) in [5, 5.41) is 6.30. The summed E-state index contributed by atoms with van der Waals surface area (Å²) in [6, 6.07) is -0.00628. The van der Waals surface area contributed by atoms with Crippen LogP contribution in [0.1, 0.15) is 26.7 Å². The van der Waals surface area contributed by atoms with Gasteiger partial charge in [0, 0.05) is 32.2 Å². The standard InChI is InChI=1S/C13H25N3O3S/c1-13(2,16-7-5-14-6-8-16)12(17)15-11-3-9-20(18,19)10-4-11/h11,14H,3-10H2,1-2H3,(H,15,17).